The van der Waals surface area contributed by atoms with Crippen LogP contribution in [0.4, 0.5) is 13.2 Å². The van der Waals surface area contributed by atoms with Crippen molar-refractivity contribution in [2.45, 2.75) is 11.1 Å². The quantitative estimate of drug-likeness (QED) is 0.509. The first kappa shape index (κ1) is 21.1. The van der Waals surface area contributed by atoms with E-state index < -0.39 is 30.9 Å². The maximum atomic E-state index is 13.1. The summed E-state index contributed by atoms with van der Waals surface area (Å²) in [7, 11) is -4.53. The van der Waals surface area contributed by atoms with Crippen molar-refractivity contribution in [3.63, 3.8) is 0 Å². The average Bonchev–Trinajstić information content (AvgIpc) is 2.98. The van der Waals surface area contributed by atoms with Crippen LogP contribution in [-0.2, 0) is 16.2 Å². The van der Waals surface area contributed by atoms with Gasteiger partial charge >= 0.3 is 6.18 Å². The molecule has 5 nitrogen and oxygen atoms in total. The third-order valence-electron chi connectivity index (χ3n) is 3.25. The van der Waals surface area contributed by atoms with Crippen molar-refractivity contribution in [1.82, 2.24) is 9.78 Å². The van der Waals surface area contributed by atoms with Crippen LogP contribution >= 0.6 is 46.1 Å². The van der Waals surface area contributed by atoms with Crippen LogP contribution in [0.1, 0.15) is 5.01 Å². The van der Waals surface area contributed by atoms with E-state index in [0.717, 1.165) is 4.68 Å². The highest BCUT2D eigenvalue weighted by Gasteiger charge is 2.36. The first-order chi connectivity index (χ1) is 13.0. The molecule has 0 radical (unpaired) electrons. The first-order valence-electron chi connectivity index (χ1n) is 7.17. The highest BCUT2D eigenvalue weighted by Crippen LogP contribution is 2.32. The monoisotopic (exact) mass is 487 g/mol. The summed E-state index contributed by atoms with van der Waals surface area (Å²) in [5.41, 5.74) is 0.135. The van der Waals surface area contributed by atoms with Crippen molar-refractivity contribution in [3.8, 4) is 5.69 Å². The summed E-state index contributed by atoms with van der Waals surface area (Å²) >= 11 is 17.6. The zero-order valence-corrected chi connectivity index (χ0v) is 17.2. The lowest BCUT2D eigenvalue weighted by atomic mass is 10.3. The summed E-state index contributed by atoms with van der Waals surface area (Å²) in [6.45, 7) is 0. The Bertz CT molecular complexity index is 1180. The smallest absolute Gasteiger partial charge is 0.204 e. The van der Waals surface area contributed by atoms with Crippen LogP contribution in [0, 0.1) is 0 Å². The van der Waals surface area contributed by atoms with E-state index in [4.69, 9.17) is 34.8 Å². The Labute approximate surface area is 175 Å². The highest BCUT2D eigenvalue weighted by atomic mass is 35.5. The van der Waals surface area contributed by atoms with E-state index in [1.54, 1.807) is 0 Å². The SMILES string of the molecule is O=S(=O)(/N=c1\sc(C(F)(F)F)nn1-c1ccc(Cl)cc1)c1c(Cl)cccc1Cl. The molecular weight excluding hydrogens is 482 g/mol. The van der Waals surface area contributed by atoms with Crippen molar-refractivity contribution in [2.75, 3.05) is 0 Å². The van der Waals surface area contributed by atoms with E-state index >= 15 is 0 Å². The van der Waals surface area contributed by atoms with Crippen molar-refractivity contribution in [1.29, 1.82) is 0 Å². The predicted octanol–water partition coefficient (Wildman–Crippen LogP) is 5.20. The van der Waals surface area contributed by atoms with E-state index in [0.29, 0.717) is 5.02 Å². The maximum Gasteiger partial charge on any atom is 0.445 e. The van der Waals surface area contributed by atoms with Gasteiger partial charge in [0.15, 0.2) is 0 Å². The standard InChI is InChI=1S/C15H7Cl3F3N3O2S2/c16-8-4-6-9(7-5-8)24-14(27-13(22-24)15(19,20)21)23-28(25,26)12-10(17)2-1-3-11(12)18/h1-7H/b23-14-. The molecule has 0 aliphatic rings. The molecule has 2 aromatic carbocycles. The Morgan fingerprint density at radius 1 is 1.00 bits per heavy atom. The lowest BCUT2D eigenvalue weighted by Gasteiger charge is -2.04. The Kier molecular flexibility index (Phi) is 5.79. The van der Waals surface area contributed by atoms with Crippen molar-refractivity contribution >= 4 is 56.2 Å². The van der Waals surface area contributed by atoms with E-state index in [2.05, 4.69) is 9.50 Å². The minimum atomic E-state index is -4.79. The minimum absolute atomic E-state index is 0.0606. The number of hydrogen-bond donors (Lipinski definition) is 0. The Morgan fingerprint density at radius 3 is 2.11 bits per heavy atom. The van der Waals surface area contributed by atoms with Crippen LogP contribution < -0.4 is 4.80 Å². The maximum absolute atomic E-state index is 13.1. The zero-order chi connectivity index (χ0) is 20.7. The normalized spacial score (nSPS) is 13.1. The molecule has 0 saturated heterocycles. The average molecular weight is 489 g/mol. The molecule has 0 atom stereocenters. The number of hydrogen-bond acceptors (Lipinski definition) is 4. The summed E-state index contributed by atoms with van der Waals surface area (Å²) in [6, 6.07) is 9.55. The second-order valence-electron chi connectivity index (χ2n) is 5.19. The number of halogens is 6. The fourth-order valence-corrected chi connectivity index (χ4v) is 5.28. The number of alkyl halides is 3. The van der Waals surface area contributed by atoms with Gasteiger partial charge in [0.25, 0.3) is 10.0 Å². The van der Waals surface area contributed by atoms with Gasteiger partial charge < -0.3 is 0 Å². The highest BCUT2D eigenvalue weighted by molar-refractivity contribution is 7.90. The third-order valence-corrected chi connectivity index (χ3v) is 6.79. The van der Waals surface area contributed by atoms with Gasteiger partial charge in [-0.3, -0.25) is 0 Å². The summed E-state index contributed by atoms with van der Waals surface area (Å²) in [4.78, 5) is -1.05. The van der Waals surface area contributed by atoms with Crippen LogP contribution in [0.2, 0.25) is 15.1 Å². The number of rotatable bonds is 3. The Balaban J connectivity index is 2.28. The molecule has 0 bridgehead atoms. The van der Waals surface area contributed by atoms with Gasteiger partial charge in [-0.2, -0.15) is 21.6 Å². The van der Waals surface area contributed by atoms with Crippen LogP contribution in [0.25, 0.3) is 5.69 Å². The van der Waals surface area contributed by atoms with E-state index in [1.807, 2.05) is 0 Å². The molecule has 0 N–H and O–H groups in total. The third kappa shape index (κ3) is 4.36. The van der Waals surface area contributed by atoms with Gasteiger partial charge in [-0.1, -0.05) is 52.2 Å². The molecule has 0 saturated carbocycles. The summed E-state index contributed by atoms with van der Waals surface area (Å²) in [5, 5.41) is 2.08. The predicted molar refractivity (Wildman–Crippen MR) is 101 cm³/mol. The van der Waals surface area contributed by atoms with Gasteiger partial charge in [0, 0.05) is 5.02 Å². The van der Waals surface area contributed by atoms with Gasteiger partial charge in [0.2, 0.25) is 9.81 Å². The second kappa shape index (κ2) is 7.68. The summed E-state index contributed by atoms with van der Waals surface area (Å²) < 4.78 is 69.0. The minimum Gasteiger partial charge on any atom is -0.204 e. The molecule has 3 aromatic rings. The largest absolute Gasteiger partial charge is 0.445 e. The fraction of sp³-hybridized carbons (Fsp3) is 0.0667. The van der Waals surface area contributed by atoms with E-state index in [-0.39, 0.29) is 27.1 Å². The molecule has 0 unspecified atom stereocenters. The topological polar surface area (TPSA) is 64.3 Å². The molecule has 0 amide bonds. The number of sulfonamides is 1. The molecule has 0 aliphatic carbocycles. The molecular formula is C15H7Cl3F3N3O2S2. The summed E-state index contributed by atoms with van der Waals surface area (Å²) in [6.07, 6.45) is -4.79. The lowest BCUT2D eigenvalue weighted by Crippen LogP contribution is -2.17. The lowest BCUT2D eigenvalue weighted by molar-refractivity contribution is -0.138. The van der Waals surface area contributed by atoms with Crippen molar-refractivity contribution in [3.05, 3.63) is 67.3 Å². The van der Waals surface area contributed by atoms with Gasteiger partial charge in [-0.15, -0.1) is 9.50 Å². The van der Waals surface area contributed by atoms with E-state index in [9.17, 15) is 21.6 Å². The number of nitrogens with zero attached hydrogens (tertiary/aromatic N) is 3. The van der Waals surface area contributed by atoms with Crippen LogP contribution in [-0.4, -0.2) is 18.2 Å². The molecule has 28 heavy (non-hydrogen) atoms. The van der Waals surface area contributed by atoms with Gasteiger partial charge in [-0.05, 0) is 36.4 Å². The fourth-order valence-electron chi connectivity index (χ4n) is 2.08. The Hall–Kier alpha value is -1.59. The molecule has 13 heteroatoms. The molecule has 0 aliphatic heterocycles. The molecule has 0 fully saturated rings. The first-order valence-corrected chi connectivity index (χ1v) is 10.6. The molecule has 1 aromatic heterocycles. The number of benzene rings is 2. The van der Waals surface area contributed by atoms with Gasteiger partial charge in [0.05, 0.1) is 15.7 Å². The summed E-state index contributed by atoms with van der Waals surface area (Å²) in [5.74, 6) is 0. The van der Waals surface area contributed by atoms with Crippen LogP contribution in [0.3, 0.4) is 0 Å². The second-order valence-corrected chi connectivity index (χ2v) is 8.94. The number of aromatic nitrogens is 2. The van der Waals surface area contributed by atoms with Crippen LogP contribution in [0.5, 0.6) is 0 Å². The van der Waals surface area contributed by atoms with Crippen LogP contribution in [0.15, 0.2) is 51.8 Å². The van der Waals surface area contributed by atoms with Crippen molar-refractivity contribution < 1.29 is 21.6 Å². The van der Waals surface area contributed by atoms with Gasteiger partial charge in [-0.25, -0.2) is 4.68 Å². The molecule has 1 heterocycles. The van der Waals surface area contributed by atoms with Crippen molar-refractivity contribution in [2.24, 2.45) is 4.40 Å². The van der Waals surface area contributed by atoms with Gasteiger partial charge in [0.1, 0.15) is 4.90 Å². The zero-order valence-electron chi connectivity index (χ0n) is 13.3. The molecule has 148 valence electrons. The molecule has 0 spiro atoms. The Morgan fingerprint density at radius 2 is 1.57 bits per heavy atom. The van der Waals surface area contributed by atoms with E-state index in [1.165, 1.54) is 42.5 Å². The molecule has 3 rings (SSSR count).